The minimum absolute atomic E-state index is 0.175. The van der Waals surface area contributed by atoms with Crippen molar-refractivity contribution in [1.29, 1.82) is 0 Å². The standard InChI is InChI=1S/C22H32ClFN6O5/c1-21(2,3)34-19(32)29-30(20(33)35-22(4,5)6)13-8-10-7-11(13)15(14(10)16(25)31)27-17-12(24)9-26-18(23)28-17/h9-11,13-15H,7-8H2,1-6H3,(H2,25,31)(H,29,32)(H,26,27,28)/t10?,11?,13-,14+,15-/m1/s1. The van der Waals surface area contributed by atoms with Crippen molar-refractivity contribution in [3.63, 3.8) is 0 Å². The lowest BCUT2D eigenvalue weighted by atomic mass is 9.81. The van der Waals surface area contributed by atoms with Crippen LogP contribution in [0.4, 0.5) is 19.8 Å². The molecule has 2 unspecified atom stereocenters. The van der Waals surface area contributed by atoms with E-state index in [0.29, 0.717) is 12.8 Å². The summed E-state index contributed by atoms with van der Waals surface area (Å²) in [5, 5.41) is 3.86. The summed E-state index contributed by atoms with van der Waals surface area (Å²) in [6.07, 6.45) is 0.172. The van der Waals surface area contributed by atoms with Crippen LogP contribution in [0, 0.1) is 23.6 Å². The highest BCUT2D eigenvalue weighted by molar-refractivity contribution is 6.28. The number of fused-ring (bicyclic) bond motifs is 2. The number of hydrogen-bond acceptors (Lipinski definition) is 8. The van der Waals surface area contributed by atoms with Crippen molar-refractivity contribution in [3.8, 4) is 0 Å². The number of halogens is 2. The molecule has 0 saturated heterocycles. The summed E-state index contributed by atoms with van der Waals surface area (Å²) in [6.45, 7) is 10.2. The molecule has 0 aliphatic heterocycles. The summed E-state index contributed by atoms with van der Waals surface area (Å²) in [7, 11) is 0. The van der Waals surface area contributed by atoms with Gasteiger partial charge >= 0.3 is 12.2 Å². The molecule has 4 N–H and O–H groups in total. The third-order valence-electron chi connectivity index (χ3n) is 5.85. The van der Waals surface area contributed by atoms with Gasteiger partial charge in [0.05, 0.1) is 18.2 Å². The molecule has 1 aromatic heterocycles. The van der Waals surface area contributed by atoms with Gasteiger partial charge in [-0.3, -0.25) is 4.79 Å². The zero-order valence-electron chi connectivity index (χ0n) is 20.6. The lowest BCUT2D eigenvalue weighted by molar-refractivity contribution is -0.124. The van der Waals surface area contributed by atoms with E-state index in [2.05, 4.69) is 20.7 Å². The Kier molecular flexibility index (Phi) is 7.35. The monoisotopic (exact) mass is 514 g/mol. The van der Waals surface area contributed by atoms with E-state index in [4.69, 9.17) is 26.8 Å². The summed E-state index contributed by atoms with van der Waals surface area (Å²) in [4.78, 5) is 45.5. The maximum Gasteiger partial charge on any atom is 0.429 e. The predicted octanol–water partition coefficient (Wildman–Crippen LogP) is 3.24. The Balaban J connectivity index is 1.91. The molecule has 2 aliphatic carbocycles. The molecule has 11 nitrogen and oxygen atoms in total. The SMILES string of the molecule is CC(C)(C)OC(=O)NN(C(=O)OC(C)(C)C)[C@@H]1CC2CC1[C@@H](Nc1nc(Cl)ncc1F)[C@H]2C(N)=O. The predicted molar refractivity (Wildman–Crippen MR) is 125 cm³/mol. The van der Waals surface area contributed by atoms with Gasteiger partial charge in [0.2, 0.25) is 11.2 Å². The van der Waals surface area contributed by atoms with Crippen LogP contribution in [0.2, 0.25) is 5.28 Å². The molecular formula is C22H32ClFN6O5. The van der Waals surface area contributed by atoms with E-state index in [9.17, 15) is 18.8 Å². The Morgan fingerprint density at radius 1 is 1.14 bits per heavy atom. The summed E-state index contributed by atoms with van der Waals surface area (Å²) < 4.78 is 25.2. The van der Waals surface area contributed by atoms with Crippen LogP contribution in [0.5, 0.6) is 0 Å². The minimum atomic E-state index is -0.837. The fourth-order valence-electron chi connectivity index (χ4n) is 4.81. The zero-order valence-corrected chi connectivity index (χ0v) is 21.4. The van der Waals surface area contributed by atoms with Gasteiger partial charge in [0.25, 0.3) is 0 Å². The van der Waals surface area contributed by atoms with E-state index in [1.54, 1.807) is 41.5 Å². The number of amides is 3. The molecule has 13 heteroatoms. The Labute approximate surface area is 208 Å². The van der Waals surface area contributed by atoms with E-state index < -0.39 is 59.0 Å². The first-order valence-electron chi connectivity index (χ1n) is 11.3. The third-order valence-corrected chi connectivity index (χ3v) is 6.03. The van der Waals surface area contributed by atoms with Gasteiger partial charge < -0.3 is 20.5 Å². The number of nitrogens with zero attached hydrogens (tertiary/aromatic N) is 3. The maximum atomic E-state index is 14.4. The molecule has 0 spiro atoms. The first kappa shape index (κ1) is 26.7. The second kappa shape index (κ2) is 9.63. The molecule has 3 rings (SSSR count). The number of nitrogens with two attached hydrogens (primary N) is 1. The number of anilines is 1. The number of hydrogen-bond donors (Lipinski definition) is 3. The molecule has 35 heavy (non-hydrogen) atoms. The van der Waals surface area contributed by atoms with E-state index in [-0.39, 0.29) is 17.0 Å². The number of hydrazine groups is 1. The summed E-state index contributed by atoms with van der Waals surface area (Å²) in [5.41, 5.74) is 6.55. The van der Waals surface area contributed by atoms with Crippen molar-refractivity contribution in [1.82, 2.24) is 20.4 Å². The number of carbonyl (C=O) groups is 3. The van der Waals surface area contributed by atoms with Gasteiger partial charge in [-0.05, 0) is 71.9 Å². The Hall–Kier alpha value is -2.89. The smallest absolute Gasteiger partial charge is 0.429 e. The van der Waals surface area contributed by atoms with Crippen molar-refractivity contribution in [2.24, 2.45) is 23.5 Å². The number of nitrogens with one attached hydrogen (secondary N) is 2. The topological polar surface area (TPSA) is 149 Å². The van der Waals surface area contributed by atoms with Crippen LogP contribution >= 0.6 is 11.6 Å². The van der Waals surface area contributed by atoms with Gasteiger partial charge in [0, 0.05) is 12.0 Å². The highest BCUT2D eigenvalue weighted by atomic mass is 35.5. The highest BCUT2D eigenvalue weighted by Gasteiger charge is 2.58. The molecule has 0 radical (unpaired) electrons. The van der Waals surface area contributed by atoms with Crippen molar-refractivity contribution < 1.29 is 28.2 Å². The molecule has 3 amide bonds. The second-order valence-corrected chi connectivity index (χ2v) is 11.2. The van der Waals surface area contributed by atoms with Crippen molar-refractivity contribution in [2.75, 3.05) is 5.32 Å². The van der Waals surface area contributed by atoms with E-state index in [1.165, 1.54) is 0 Å². The van der Waals surface area contributed by atoms with Crippen LogP contribution in [0.15, 0.2) is 6.20 Å². The first-order valence-corrected chi connectivity index (χ1v) is 11.7. The van der Waals surface area contributed by atoms with Gasteiger partial charge in [-0.25, -0.2) is 29.4 Å². The van der Waals surface area contributed by atoms with Crippen LogP contribution in [0.3, 0.4) is 0 Å². The fourth-order valence-corrected chi connectivity index (χ4v) is 4.94. The maximum absolute atomic E-state index is 14.4. The molecule has 2 aliphatic rings. The van der Waals surface area contributed by atoms with Crippen LogP contribution < -0.4 is 16.5 Å². The number of aromatic nitrogens is 2. The zero-order chi connectivity index (χ0) is 26.3. The lowest BCUT2D eigenvalue weighted by Crippen LogP contribution is -2.59. The molecule has 1 aromatic rings. The molecular weight excluding hydrogens is 483 g/mol. The van der Waals surface area contributed by atoms with Gasteiger partial charge in [-0.2, -0.15) is 4.98 Å². The largest absolute Gasteiger partial charge is 0.443 e. The quantitative estimate of drug-likeness (QED) is 0.409. The Morgan fingerprint density at radius 3 is 2.34 bits per heavy atom. The fraction of sp³-hybridized carbons (Fsp3) is 0.682. The lowest BCUT2D eigenvalue weighted by Gasteiger charge is -2.40. The number of primary amides is 1. The van der Waals surface area contributed by atoms with E-state index in [1.807, 2.05) is 0 Å². The van der Waals surface area contributed by atoms with Crippen molar-refractivity contribution in [2.45, 2.75) is 77.7 Å². The summed E-state index contributed by atoms with van der Waals surface area (Å²) >= 11 is 5.82. The molecule has 194 valence electrons. The molecule has 5 atom stereocenters. The molecule has 1 heterocycles. The molecule has 0 aromatic carbocycles. The minimum Gasteiger partial charge on any atom is -0.443 e. The van der Waals surface area contributed by atoms with Crippen LogP contribution in [-0.2, 0) is 14.3 Å². The second-order valence-electron chi connectivity index (χ2n) is 10.9. The molecule has 2 fully saturated rings. The average Bonchev–Trinajstić information content (AvgIpc) is 3.24. The van der Waals surface area contributed by atoms with Crippen LogP contribution in [-0.4, -0.2) is 56.4 Å². The third kappa shape index (κ3) is 6.41. The van der Waals surface area contributed by atoms with Gasteiger partial charge in [0.1, 0.15) is 11.2 Å². The number of ether oxygens (including phenoxy) is 2. The summed E-state index contributed by atoms with van der Waals surface area (Å²) in [5.74, 6) is -2.76. The van der Waals surface area contributed by atoms with Gasteiger partial charge in [-0.15, -0.1) is 0 Å². The van der Waals surface area contributed by atoms with Crippen molar-refractivity contribution in [3.05, 3.63) is 17.3 Å². The Bertz CT molecular complexity index is 998. The molecule has 2 saturated carbocycles. The van der Waals surface area contributed by atoms with E-state index >= 15 is 0 Å². The Morgan fingerprint density at radius 2 is 1.77 bits per heavy atom. The van der Waals surface area contributed by atoms with Crippen molar-refractivity contribution >= 4 is 35.5 Å². The van der Waals surface area contributed by atoms with Gasteiger partial charge in [-0.1, -0.05) is 0 Å². The first-order chi connectivity index (χ1) is 16.1. The normalized spacial score (nSPS) is 25.7. The van der Waals surface area contributed by atoms with Crippen LogP contribution in [0.25, 0.3) is 0 Å². The average molecular weight is 515 g/mol. The highest BCUT2D eigenvalue weighted by Crippen LogP contribution is 2.51. The number of carbonyl (C=O) groups excluding carboxylic acids is 3. The number of rotatable bonds is 4. The van der Waals surface area contributed by atoms with E-state index in [0.717, 1.165) is 11.2 Å². The molecule has 2 bridgehead atoms. The van der Waals surface area contributed by atoms with Crippen LogP contribution in [0.1, 0.15) is 54.4 Å². The van der Waals surface area contributed by atoms with Gasteiger partial charge in [0.15, 0.2) is 11.6 Å². The summed E-state index contributed by atoms with van der Waals surface area (Å²) in [6, 6.07) is -1.27.